The summed E-state index contributed by atoms with van der Waals surface area (Å²) >= 11 is 0. The van der Waals surface area contributed by atoms with Gasteiger partial charge in [0.1, 0.15) is 11.6 Å². The summed E-state index contributed by atoms with van der Waals surface area (Å²) in [7, 11) is 0. The first kappa shape index (κ1) is 44.3. The lowest BCUT2D eigenvalue weighted by Gasteiger charge is -2.15. The van der Waals surface area contributed by atoms with Gasteiger partial charge in [-0.05, 0) is 25.8 Å². The average molecular weight is 636 g/mol. The van der Waals surface area contributed by atoms with Crippen LogP contribution in [0.4, 0.5) is 0 Å². The van der Waals surface area contributed by atoms with Crippen LogP contribution < -0.4 is 5.73 Å². The number of hydrogen-bond donors (Lipinski definition) is 1. The second-order valence-electron chi connectivity index (χ2n) is 14.1. The average Bonchev–Trinajstić information content (AvgIpc) is 3.04. The van der Waals surface area contributed by atoms with Gasteiger partial charge in [-0.25, -0.2) is 0 Å². The van der Waals surface area contributed by atoms with Gasteiger partial charge < -0.3 is 10.5 Å². The third-order valence-electron chi connectivity index (χ3n) is 9.61. The summed E-state index contributed by atoms with van der Waals surface area (Å²) < 4.78 is 5.71. The number of unbranched alkanes of at least 4 members (excludes halogenated alkanes) is 28. The van der Waals surface area contributed by atoms with E-state index in [1.54, 1.807) is 0 Å². The Morgan fingerprint density at radius 3 is 0.956 bits per heavy atom. The SMILES string of the molecule is CCCCCCCCCCCCCCCCCC(=O)C(COCCCN)C(=O)CCCCCCCCCCCCCCCCC. The van der Waals surface area contributed by atoms with Gasteiger partial charge in [0.15, 0.2) is 0 Å². The fraction of sp³-hybridized carbons (Fsp3) is 0.951. The highest BCUT2D eigenvalue weighted by atomic mass is 16.5. The van der Waals surface area contributed by atoms with Crippen molar-refractivity contribution in [1.82, 2.24) is 0 Å². The summed E-state index contributed by atoms with van der Waals surface area (Å²) in [6.07, 6.45) is 41.3. The fourth-order valence-electron chi connectivity index (χ4n) is 6.44. The predicted octanol–water partition coefficient (Wildman–Crippen LogP) is 12.6. The molecule has 0 spiro atoms. The highest BCUT2D eigenvalue weighted by Crippen LogP contribution is 2.18. The van der Waals surface area contributed by atoms with Gasteiger partial charge in [-0.1, -0.05) is 194 Å². The topological polar surface area (TPSA) is 69.4 Å². The van der Waals surface area contributed by atoms with Crippen LogP contribution in [0.15, 0.2) is 0 Å². The number of ether oxygens (including phenoxy) is 1. The molecule has 0 radical (unpaired) electrons. The summed E-state index contributed by atoms with van der Waals surface area (Å²) in [5, 5.41) is 0. The molecule has 4 nitrogen and oxygen atoms in total. The van der Waals surface area contributed by atoms with E-state index in [-0.39, 0.29) is 18.2 Å². The lowest BCUT2D eigenvalue weighted by molar-refractivity contribution is -0.135. The van der Waals surface area contributed by atoms with Gasteiger partial charge >= 0.3 is 0 Å². The zero-order chi connectivity index (χ0) is 32.9. The van der Waals surface area contributed by atoms with Crippen LogP contribution in [0.5, 0.6) is 0 Å². The Hall–Kier alpha value is -0.740. The molecule has 0 aliphatic heterocycles. The van der Waals surface area contributed by atoms with Crippen LogP contribution >= 0.6 is 0 Å². The molecule has 0 aromatic carbocycles. The molecular weight excluding hydrogens is 554 g/mol. The van der Waals surface area contributed by atoms with Crippen LogP contribution in [0, 0.1) is 5.92 Å². The van der Waals surface area contributed by atoms with Gasteiger partial charge in [0.05, 0.1) is 12.5 Å². The molecule has 4 heteroatoms. The molecule has 2 N–H and O–H groups in total. The summed E-state index contributed by atoms with van der Waals surface area (Å²) in [6, 6.07) is 0. The van der Waals surface area contributed by atoms with Gasteiger partial charge in [0.25, 0.3) is 0 Å². The molecule has 0 aliphatic rings. The standard InChI is InChI=1S/C41H81NO3/c1-3-5-7-9-11-13-15-17-19-21-23-25-27-29-31-34-40(43)39(38-45-37-33-36-42)41(44)35-32-30-28-26-24-22-20-18-16-14-12-10-8-6-4-2/h39H,3-38,42H2,1-2H3. The van der Waals surface area contributed by atoms with Crippen LogP contribution in [0.25, 0.3) is 0 Å². The molecule has 0 saturated carbocycles. The number of hydrogen-bond acceptors (Lipinski definition) is 4. The molecule has 268 valence electrons. The maximum atomic E-state index is 13.0. The Bertz CT molecular complexity index is 562. The Labute approximate surface area is 282 Å². The number of Topliss-reactive ketones (excluding diaryl/α,β-unsaturated/α-hetero) is 2. The molecule has 0 aromatic rings. The highest BCUT2D eigenvalue weighted by Gasteiger charge is 2.25. The minimum absolute atomic E-state index is 0.100. The van der Waals surface area contributed by atoms with Crippen molar-refractivity contribution in [2.24, 2.45) is 11.7 Å². The van der Waals surface area contributed by atoms with Crippen molar-refractivity contribution < 1.29 is 14.3 Å². The van der Waals surface area contributed by atoms with E-state index in [4.69, 9.17) is 10.5 Å². The maximum absolute atomic E-state index is 13.0. The van der Waals surface area contributed by atoms with Crippen molar-refractivity contribution in [3.63, 3.8) is 0 Å². The first-order valence-electron chi connectivity index (χ1n) is 20.5. The molecular formula is C41H81NO3. The summed E-state index contributed by atoms with van der Waals surface area (Å²) in [4.78, 5) is 26.0. The number of carbonyl (C=O) groups is 2. The van der Waals surface area contributed by atoms with Crippen molar-refractivity contribution in [3.8, 4) is 0 Å². The highest BCUT2D eigenvalue weighted by molar-refractivity contribution is 6.02. The van der Waals surface area contributed by atoms with Gasteiger partial charge in [0, 0.05) is 19.4 Å². The van der Waals surface area contributed by atoms with Gasteiger partial charge in [-0.3, -0.25) is 9.59 Å². The quantitative estimate of drug-likeness (QED) is 0.0539. The summed E-state index contributed by atoms with van der Waals surface area (Å²) in [5.41, 5.74) is 5.59. The van der Waals surface area contributed by atoms with Gasteiger partial charge in [0.2, 0.25) is 0 Å². The van der Waals surface area contributed by atoms with E-state index in [2.05, 4.69) is 13.8 Å². The van der Waals surface area contributed by atoms with Gasteiger partial charge in [-0.15, -0.1) is 0 Å². The normalized spacial score (nSPS) is 11.6. The molecule has 0 unspecified atom stereocenters. The van der Waals surface area contributed by atoms with E-state index in [0.717, 1.165) is 32.1 Å². The summed E-state index contributed by atoms with van der Waals surface area (Å²) in [5.74, 6) is -0.368. The second kappa shape index (κ2) is 37.7. The zero-order valence-corrected chi connectivity index (χ0v) is 30.8. The van der Waals surface area contributed by atoms with Crippen LogP contribution in [-0.2, 0) is 14.3 Å². The lowest BCUT2D eigenvalue weighted by atomic mass is 9.92. The summed E-state index contributed by atoms with van der Waals surface area (Å²) in [6.45, 7) is 5.91. The fourth-order valence-corrected chi connectivity index (χ4v) is 6.44. The molecule has 0 bridgehead atoms. The Balaban J connectivity index is 3.89. The maximum Gasteiger partial charge on any atom is 0.145 e. The van der Waals surface area contributed by atoms with Gasteiger partial charge in [-0.2, -0.15) is 0 Å². The van der Waals surface area contributed by atoms with E-state index in [0.29, 0.717) is 26.0 Å². The largest absolute Gasteiger partial charge is 0.380 e. The number of rotatable bonds is 39. The molecule has 0 atom stereocenters. The Morgan fingerprint density at radius 1 is 0.422 bits per heavy atom. The molecule has 0 rings (SSSR count). The molecule has 0 aromatic heterocycles. The lowest BCUT2D eigenvalue weighted by Crippen LogP contribution is -2.29. The Kier molecular flexibility index (Phi) is 37.1. The third-order valence-corrected chi connectivity index (χ3v) is 9.61. The van der Waals surface area contributed by atoms with Crippen LogP contribution in [0.2, 0.25) is 0 Å². The minimum Gasteiger partial charge on any atom is -0.380 e. The number of nitrogens with two attached hydrogens (primary N) is 1. The predicted molar refractivity (Wildman–Crippen MR) is 197 cm³/mol. The van der Waals surface area contributed by atoms with E-state index in [1.165, 1.54) is 167 Å². The van der Waals surface area contributed by atoms with E-state index >= 15 is 0 Å². The minimum atomic E-state index is -0.568. The van der Waals surface area contributed by atoms with Crippen LogP contribution in [-0.4, -0.2) is 31.3 Å². The molecule has 0 fully saturated rings. The van der Waals surface area contributed by atoms with E-state index < -0.39 is 5.92 Å². The van der Waals surface area contributed by atoms with E-state index in [9.17, 15) is 9.59 Å². The van der Waals surface area contributed by atoms with Crippen molar-refractivity contribution in [2.45, 2.75) is 226 Å². The molecule has 45 heavy (non-hydrogen) atoms. The smallest absolute Gasteiger partial charge is 0.145 e. The number of ketones is 2. The number of carbonyl (C=O) groups excluding carboxylic acids is 2. The first-order valence-corrected chi connectivity index (χ1v) is 20.5. The van der Waals surface area contributed by atoms with Crippen LogP contribution in [0.1, 0.15) is 226 Å². The molecule has 0 saturated heterocycles. The monoisotopic (exact) mass is 636 g/mol. The first-order chi connectivity index (χ1) is 22.2. The van der Waals surface area contributed by atoms with Crippen molar-refractivity contribution in [3.05, 3.63) is 0 Å². The Morgan fingerprint density at radius 2 is 0.689 bits per heavy atom. The molecule has 0 amide bonds. The van der Waals surface area contributed by atoms with Crippen molar-refractivity contribution in [2.75, 3.05) is 19.8 Å². The van der Waals surface area contributed by atoms with Crippen LogP contribution in [0.3, 0.4) is 0 Å². The molecule has 0 aliphatic carbocycles. The molecule has 0 heterocycles. The van der Waals surface area contributed by atoms with E-state index in [1.807, 2.05) is 0 Å². The zero-order valence-electron chi connectivity index (χ0n) is 30.8. The van der Waals surface area contributed by atoms with Crippen molar-refractivity contribution >= 4 is 11.6 Å². The second-order valence-corrected chi connectivity index (χ2v) is 14.1. The van der Waals surface area contributed by atoms with Crippen molar-refractivity contribution in [1.29, 1.82) is 0 Å². The third kappa shape index (κ3) is 33.0.